The molecule has 1 amide bonds. The lowest BCUT2D eigenvalue weighted by Gasteiger charge is -2.00. The molecule has 0 aromatic carbocycles. The highest BCUT2D eigenvalue weighted by Crippen LogP contribution is 2.13. The van der Waals surface area contributed by atoms with E-state index in [2.05, 4.69) is 11.7 Å². The Balaban J connectivity index is 3.40. The summed E-state index contributed by atoms with van der Waals surface area (Å²) in [5.74, 6) is 4.82. The zero-order valence-electron chi connectivity index (χ0n) is 7.43. The van der Waals surface area contributed by atoms with Crippen LogP contribution in [0.1, 0.15) is 9.67 Å². The van der Waals surface area contributed by atoms with Crippen LogP contribution >= 0.6 is 11.3 Å². The first-order valence-corrected chi connectivity index (χ1v) is 4.57. The molecule has 0 saturated carbocycles. The van der Waals surface area contributed by atoms with Gasteiger partial charge in [0.2, 0.25) is 4.80 Å². The van der Waals surface area contributed by atoms with Gasteiger partial charge in [-0.05, 0) is 0 Å². The summed E-state index contributed by atoms with van der Waals surface area (Å²) >= 11 is 1.06. The van der Waals surface area contributed by atoms with Crippen LogP contribution in [-0.2, 0) is 6.54 Å². The molecule has 0 atom stereocenters. The van der Waals surface area contributed by atoms with Crippen LogP contribution < -0.4 is 22.1 Å². The van der Waals surface area contributed by atoms with Gasteiger partial charge in [0.1, 0.15) is 10.7 Å². The molecule has 0 radical (unpaired) electrons. The van der Waals surface area contributed by atoms with Crippen molar-refractivity contribution >= 4 is 23.1 Å². The van der Waals surface area contributed by atoms with E-state index < -0.39 is 5.91 Å². The summed E-state index contributed by atoms with van der Waals surface area (Å²) < 4.78 is 1.57. The van der Waals surface area contributed by atoms with Gasteiger partial charge in [-0.2, -0.15) is 5.10 Å². The number of hydrogen-bond acceptors (Lipinski definition) is 5. The number of aromatic nitrogens is 1. The molecule has 76 valence electrons. The van der Waals surface area contributed by atoms with Crippen LogP contribution in [0.4, 0.5) is 5.82 Å². The van der Waals surface area contributed by atoms with Gasteiger partial charge < -0.3 is 17.3 Å². The summed E-state index contributed by atoms with van der Waals surface area (Å²) in [6.07, 6.45) is 1.63. The topological polar surface area (TPSA) is 112 Å². The molecule has 1 heterocycles. The number of nitrogens with two attached hydrogens (primary N) is 3. The van der Waals surface area contributed by atoms with Crippen molar-refractivity contribution in [2.24, 2.45) is 16.7 Å². The van der Waals surface area contributed by atoms with Crippen molar-refractivity contribution in [2.45, 2.75) is 6.54 Å². The van der Waals surface area contributed by atoms with Crippen LogP contribution in [0, 0.1) is 0 Å². The van der Waals surface area contributed by atoms with Crippen molar-refractivity contribution in [1.82, 2.24) is 4.57 Å². The molecule has 0 aliphatic carbocycles. The van der Waals surface area contributed by atoms with Crippen molar-refractivity contribution in [1.29, 1.82) is 0 Å². The van der Waals surface area contributed by atoms with Gasteiger partial charge in [0.15, 0.2) is 0 Å². The van der Waals surface area contributed by atoms with Gasteiger partial charge in [-0.15, -0.1) is 6.58 Å². The zero-order valence-corrected chi connectivity index (χ0v) is 8.25. The first kappa shape index (κ1) is 10.3. The predicted octanol–water partition coefficient (Wildman–Crippen LogP) is -0.809. The normalized spacial score (nSPS) is 11.6. The standard InChI is InChI=1S/C7H11N5OS/c1-2-3-12-5(8)4(6(9)13)14-7(12)11-10/h2H,1,3,8,10H2,(H2,9,13)/b11-7+. The van der Waals surface area contributed by atoms with Crippen molar-refractivity contribution < 1.29 is 4.79 Å². The van der Waals surface area contributed by atoms with E-state index in [9.17, 15) is 4.79 Å². The number of anilines is 1. The fourth-order valence-electron chi connectivity index (χ4n) is 1.00. The van der Waals surface area contributed by atoms with E-state index in [0.717, 1.165) is 11.3 Å². The Morgan fingerprint density at radius 2 is 2.36 bits per heavy atom. The van der Waals surface area contributed by atoms with Gasteiger partial charge >= 0.3 is 0 Å². The second-order valence-corrected chi connectivity index (χ2v) is 3.47. The third-order valence-corrected chi connectivity index (χ3v) is 2.72. The highest BCUT2D eigenvalue weighted by molar-refractivity contribution is 7.11. The van der Waals surface area contributed by atoms with Crippen molar-refractivity contribution in [2.75, 3.05) is 5.73 Å². The summed E-state index contributed by atoms with van der Waals surface area (Å²) in [5, 5.41) is 3.50. The molecule has 0 spiro atoms. The molecule has 1 aromatic rings. The molecule has 1 rings (SSSR count). The minimum atomic E-state index is -0.583. The number of hydrogen-bond donors (Lipinski definition) is 3. The largest absolute Gasteiger partial charge is 0.384 e. The monoisotopic (exact) mass is 213 g/mol. The van der Waals surface area contributed by atoms with E-state index in [0.29, 0.717) is 11.3 Å². The molecule has 0 aliphatic heterocycles. The number of nitrogens with zero attached hydrogens (tertiary/aromatic N) is 2. The van der Waals surface area contributed by atoms with Crippen LogP contribution in [0.3, 0.4) is 0 Å². The zero-order chi connectivity index (χ0) is 10.7. The smallest absolute Gasteiger partial charge is 0.262 e. The molecular weight excluding hydrogens is 202 g/mol. The van der Waals surface area contributed by atoms with E-state index >= 15 is 0 Å². The first-order chi connectivity index (χ1) is 6.61. The second kappa shape index (κ2) is 3.97. The number of amides is 1. The lowest BCUT2D eigenvalue weighted by atomic mass is 10.4. The van der Waals surface area contributed by atoms with Crippen LogP contribution in [0.2, 0.25) is 0 Å². The lowest BCUT2D eigenvalue weighted by Crippen LogP contribution is -2.18. The quantitative estimate of drug-likeness (QED) is 0.347. The van der Waals surface area contributed by atoms with Gasteiger partial charge in [0.05, 0.1) is 0 Å². The summed E-state index contributed by atoms with van der Waals surface area (Å²) in [6.45, 7) is 3.99. The number of allylic oxidation sites excluding steroid dienone is 1. The Morgan fingerprint density at radius 1 is 1.71 bits per heavy atom. The average molecular weight is 213 g/mol. The molecule has 0 unspecified atom stereocenters. The summed E-state index contributed by atoms with van der Waals surface area (Å²) in [5.41, 5.74) is 10.8. The Labute approximate surface area is 84.3 Å². The Bertz CT molecular complexity index is 430. The van der Waals surface area contributed by atoms with E-state index in [1.165, 1.54) is 0 Å². The predicted molar refractivity (Wildman–Crippen MR) is 55.2 cm³/mol. The van der Waals surface area contributed by atoms with Crippen molar-refractivity contribution in [3.05, 3.63) is 22.3 Å². The van der Waals surface area contributed by atoms with Gasteiger partial charge in [-0.3, -0.25) is 9.36 Å². The summed E-state index contributed by atoms with van der Waals surface area (Å²) in [6, 6.07) is 0. The molecule has 1 aromatic heterocycles. The maximum Gasteiger partial charge on any atom is 0.262 e. The third kappa shape index (κ3) is 1.62. The molecule has 6 nitrogen and oxygen atoms in total. The fourth-order valence-corrected chi connectivity index (χ4v) is 1.84. The van der Waals surface area contributed by atoms with Gasteiger partial charge in [-0.1, -0.05) is 17.4 Å². The number of carbonyl (C=O) groups is 1. The molecule has 0 bridgehead atoms. The number of primary amides is 1. The highest BCUT2D eigenvalue weighted by Gasteiger charge is 2.13. The fraction of sp³-hybridized carbons (Fsp3) is 0.143. The van der Waals surface area contributed by atoms with Crippen LogP contribution in [0.25, 0.3) is 0 Å². The Hall–Kier alpha value is -1.76. The number of carbonyl (C=O) groups excluding carboxylic acids is 1. The average Bonchev–Trinajstić information content (AvgIpc) is 2.45. The lowest BCUT2D eigenvalue weighted by molar-refractivity contribution is 0.100. The Morgan fingerprint density at radius 3 is 2.79 bits per heavy atom. The molecule has 0 saturated heterocycles. The highest BCUT2D eigenvalue weighted by atomic mass is 32.1. The van der Waals surface area contributed by atoms with Gasteiger partial charge in [0, 0.05) is 6.54 Å². The molecule has 6 N–H and O–H groups in total. The molecule has 7 heteroatoms. The van der Waals surface area contributed by atoms with Crippen LogP contribution in [0.15, 0.2) is 17.8 Å². The molecule has 0 aliphatic rings. The Kier molecular flexibility index (Phi) is 2.92. The summed E-state index contributed by atoms with van der Waals surface area (Å²) in [4.78, 5) is 11.6. The molecule has 0 fully saturated rings. The van der Waals surface area contributed by atoms with Crippen LogP contribution in [-0.4, -0.2) is 10.5 Å². The van der Waals surface area contributed by atoms with E-state index in [4.69, 9.17) is 17.3 Å². The molecule has 14 heavy (non-hydrogen) atoms. The van der Waals surface area contributed by atoms with E-state index in [1.54, 1.807) is 10.6 Å². The van der Waals surface area contributed by atoms with Gasteiger partial charge in [0.25, 0.3) is 5.91 Å². The second-order valence-electron chi connectivity index (χ2n) is 2.49. The SMILES string of the molecule is C=CCn1c(N)c(C(N)=O)s/c1=N/N. The van der Waals surface area contributed by atoms with Crippen LogP contribution in [0.5, 0.6) is 0 Å². The minimum Gasteiger partial charge on any atom is -0.384 e. The number of nitrogen functional groups attached to an aromatic ring is 1. The first-order valence-electron chi connectivity index (χ1n) is 3.75. The van der Waals surface area contributed by atoms with Gasteiger partial charge in [-0.25, -0.2) is 0 Å². The maximum absolute atomic E-state index is 10.9. The maximum atomic E-state index is 10.9. The summed E-state index contributed by atoms with van der Waals surface area (Å²) in [7, 11) is 0. The van der Waals surface area contributed by atoms with E-state index in [1.807, 2.05) is 0 Å². The van der Waals surface area contributed by atoms with Crippen molar-refractivity contribution in [3.63, 3.8) is 0 Å². The molecular formula is C7H11N5OS. The minimum absolute atomic E-state index is 0.260. The van der Waals surface area contributed by atoms with Crippen molar-refractivity contribution in [3.8, 4) is 0 Å². The third-order valence-electron chi connectivity index (χ3n) is 1.59. The van der Waals surface area contributed by atoms with E-state index in [-0.39, 0.29) is 10.7 Å². The number of rotatable bonds is 3. The number of thiazole rings is 1.